The van der Waals surface area contributed by atoms with Gasteiger partial charge in [0.25, 0.3) is 0 Å². The van der Waals surface area contributed by atoms with Crippen molar-refractivity contribution in [3.8, 4) is 0 Å². The summed E-state index contributed by atoms with van der Waals surface area (Å²) in [6, 6.07) is 0. The van der Waals surface area contributed by atoms with Crippen LogP contribution in [0.25, 0.3) is 4.85 Å². The van der Waals surface area contributed by atoms with Crippen molar-refractivity contribution in [2.45, 2.75) is 100 Å². The summed E-state index contributed by atoms with van der Waals surface area (Å²) in [6.07, 6.45) is 9.59. The van der Waals surface area contributed by atoms with Crippen LogP contribution in [0.15, 0.2) is 11.8 Å². The first-order valence-electron chi connectivity index (χ1n) is 13.8. The lowest BCUT2D eigenvalue weighted by atomic mass is 9.32. The molecule has 0 aromatic rings. The van der Waals surface area contributed by atoms with Gasteiger partial charge in [0.05, 0.1) is 6.57 Å². The minimum Gasteiger partial charge on any atom is -0.307 e. The molecule has 0 amide bonds. The van der Waals surface area contributed by atoms with Crippen molar-refractivity contribution in [2.24, 2.45) is 62.6 Å². The lowest BCUT2D eigenvalue weighted by Gasteiger charge is -2.71. The molecule has 0 heterocycles. The normalized spacial score (nSPS) is 51.2. The maximum Gasteiger partial charge on any atom is 0.226 e. The fraction of sp³-hybridized carbons (Fsp3) is 0.839. The van der Waals surface area contributed by atoms with Crippen LogP contribution in [0.4, 0.5) is 0 Å². The summed E-state index contributed by atoms with van der Waals surface area (Å²) in [4.78, 5) is 31.1. The summed E-state index contributed by atoms with van der Waals surface area (Å²) in [5, 5.41) is 0. The Kier molecular flexibility index (Phi) is 5.05. The van der Waals surface area contributed by atoms with Crippen LogP contribution in [0.1, 0.15) is 100 Å². The molecule has 34 heavy (non-hydrogen) atoms. The third kappa shape index (κ3) is 2.87. The monoisotopic (exact) mass is 463 g/mol. The van der Waals surface area contributed by atoms with Crippen molar-refractivity contribution >= 4 is 11.6 Å². The molecule has 0 spiro atoms. The predicted octanol–water partition coefficient (Wildman–Crippen LogP) is 7.51. The van der Waals surface area contributed by atoms with Gasteiger partial charge < -0.3 is 4.79 Å². The molecule has 9 atom stereocenters. The lowest BCUT2D eigenvalue weighted by Crippen LogP contribution is -2.67. The second-order valence-corrected chi connectivity index (χ2v) is 15.1. The second-order valence-electron chi connectivity index (χ2n) is 15.1. The zero-order valence-electron chi connectivity index (χ0n) is 22.8. The van der Waals surface area contributed by atoms with E-state index in [4.69, 9.17) is 6.57 Å². The van der Waals surface area contributed by atoms with Crippen LogP contribution in [0.5, 0.6) is 0 Å². The third-order valence-electron chi connectivity index (χ3n) is 12.6. The summed E-state index contributed by atoms with van der Waals surface area (Å²) in [6.45, 7) is 26.3. The minimum absolute atomic E-state index is 0.00117. The Hall–Kier alpha value is -1.43. The topological polar surface area (TPSA) is 38.5 Å². The van der Waals surface area contributed by atoms with E-state index in [1.807, 2.05) is 19.9 Å². The van der Waals surface area contributed by atoms with Gasteiger partial charge in [-0.1, -0.05) is 61.5 Å². The minimum atomic E-state index is -0.550. The summed E-state index contributed by atoms with van der Waals surface area (Å²) in [5.41, 5.74) is -0.184. The van der Waals surface area contributed by atoms with E-state index in [0.29, 0.717) is 41.1 Å². The summed E-state index contributed by atoms with van der Waals surface area (Å²) < 4.78 is 0. The average Bonchev–Trinajstić information content (AvgIpc) is 2.71. The molecule has 186 valence electrons. The zero-order valence-corrected chi connectivity index (χ0v) is 22.8. The molecule has 0 aromatic carbocycles. The molecule has 4 fully saturated rings. The van der Waals surface area contributed by atoms with Gasteiger partial charge in [0.15, 0.2) is 5.78 Å². The van der Waals surface area contributed by atoms with Crippen molar-refractivity contribution in [3.05, 3.63) is 23.2 Å². The number of carbonyl (C=O) groups excluding carboxylic acids is 2. The molecule has 4 saturated carbocycles. The Bertz CT molecular complexity index is 1010. The number of nitrogens with zero attached hydrogens (tertiary/aromatic N) is 1. The van der Waals surface area contributed by atoms with E-state index >= 15 is 0 Å². The van der Waals surface area contributed by atoms with Crippen molar-refractivity contribution < 1.29 is 9.59 Å². The Morgan fingerprint density at radius 1 is 0.882 bits per heavy atom. The number of carbonyl (C=O) groups is 2. The molecular weight excluding hydrogens is 418 g/mol. The molecule has 3 heteroatoms. The lowest BCUT2D eigenvalue weighted by molar-refractivity contribution is -0.213. The molecular formula is C31H45NO2. The average molecular weight is 464 g/mol. The summed E-state index contributed by atoms with van der Waals surface area (Å²) in [5.74, 6) is 2.92. The van der Waals surface area contributed by atoms with Crippen LogP contribution in [0.2, 0.25) is 0 Å². The standard InChI is InChI=1S/C31H45NO2/c1-18-15-27(2,3)16-20-19(18)10-12-31(8)25(20)22(33)14-24-29(6)17-21(32-9)26(34)28(4,5)23(29)11-13-30(24,31)7/h17-20,23-25H,10-16H2,1-8H3/t18-,19?,20-,23+,24-,25+,29+,30-,31-/m1/s1. The fourth-order valence-corrected chi connectivity index (χ4v) is 11.1. The largest absolute Gasteiger partial charge is 0.307 e. The van der Waals surface area contributed by atoms with Crippen LogP contribution >= 0.6 is 0 Å². The van der Waals surface area contributed by atoms with Gasteiger partial charge in [0.2, 0.25) is 5.70 Å². The highest BCUT2D eigenvalue weighted by atomic mass is 16.1. The van der Waals surface area contributed by atoms with E-state index in [-0.39, 0.29) is 39.8 Å². The molecule has 3 nitrogen and oxygen atoms in total. The maximum atomic E-state index is 14.2. The number of fused-ring (bicyclic) bond motifs is 7. The predicted molar refractivity (Wildman–Crippen MR) is 136 cm³/mol. The number of hydrogen-bond donors (Lipinski definition) is 0. The van der Waals surface area contributed by atoms with Crippen LogP contribution in [0, 0.1) is 69.2 Å². The Labute approximate surface area is 207 Å². The van der Waals surface area contributed by atoms with Gasteiger partial charge in [-0.2, -0.15) is 0 Å². The first-order chi connectivity index (χ1) is 15.6. The Morgan fingerprint density at radius 2 is 1.53 bits per heavy atom. The Morgan fingerprint density at radius 3 is 2.18 bits per heavy atom. The van der Waals surface area contributed by atoms with E-state index in [1.165, 1.54) is 19.3 Å². The zero-order chi connectivity index (χ0) is 25.1. The van der Waals surface area contributed by atoms with E-state index in [1.54, 1.807) is 0 Å². The Balaban J connectivity index is 1.62. The number of rotatable bonds is 0. The van der Waals surface area contributed by atoms with E-state index in [2.05, 4.69) is 46.4 Å². The molecule has 0 bridgehead atoms. The first-order valence-corrected chi connectivity index (χ1v) is 13.8. The van der Waals surface area contributed by atoms with Gasteiger partial charge in [0, 0.05) is 17.8 Å². The van der Waals surface area contributed by atoms with Crippen LogP contribution in [-0.2, 0) is 9.59 Å². The second kappa shape index (κ2) is 7.08. The van der Waals surface area contributed by atoms with Gasteiger partial charge in [-0.3, -0.25) is 4.79 Å². The molecule has 5 aliphatic rings. The fourth-order valence-electron chi connectivity index (χ4n) is 11.1. The SMILES string of the molecule is [C-]#[N+]C1=C[C@]2(C)[C@H]3CC(=O)[C@@H]4[C@@H]5CC(C)(C)C[C@@H](C)C5CC[C@@]4(C)[C@]3(C)CC[C@H]2C(C)(C)C1=O. The van der Waals surface area contributed by atoms with Crippen LogP contribution in [-0.4, -0.2) is 11.6 Å². The van der Waals surface area contributed by atoms with E-state index in [0.717, 1.165) is 19.3 Å². The van der Waals surface area contributed by atoms with Crippen molar-refractivity contribution in [1.82, 2.24) is 0 Å². The van der Waals surface area contributed by atoms with Crippen LogP contribution in [0.3, 0.4) is 0 Å². The first kappa shape index (κ1) is 24.3. The molecule has 0 aromatic heterocycles. The molecule has 1 unspecified atom stereocenters. The highest BCUT2D eigenvalue weighted by Gasteiger charge is 2.70. The molecule has 0 aliphatic heterocycles. The van der Waals surface area contributed by atoms with Gasteiger partial charge in [0.1, 0.15) is 5.78 Å². The van der Waals surface area contributed by atoms with E-state index < -0.39 is 5.41 Å². The smallest absolute Gasteiger partial charge is 0.226 e. The molecule has 0 saturated heterocycles. The van der Waals surface area contributed by atoms with Crippen molar-refractivity contribution in [2.75, 3.05) is 0 Å². The molecule has 0 N–H and O–H groups in total. The van der Waals surface area contributed by atoms with Crippen LogP contribution < -0.4 is 0 Å². The maximum absolute atomic E-state index is 14.2. The molecule has 5 aliphatic carbocycles. The highest BCUT2D eigenvalue weighted by molar-refractivity contribution is 6.02. The van der Waals surface area contributed by atoms with Gasteiger partial charge in [-0.05, 0) is 89.8 Å². The number of allylic oxidation sites excluding steroid dienone is 2. The van der Waals surface area contributed by atoms with Crippen molar-refractivity contribution in [3.63, 3.8) is 0 Å². The summed E-state index contributed by atoms with van der Waals surface area (Å²) >= 11 is 0. The van der Waals surface area contributed by atoms with Crippen molar-refractivity contribution in [1.29, 1.82) is 0 Å². The van der Waals surface area contributed by atoms with E-state index in [9.17, 15) is 9.59 Å². The summed E-state index contributed by atoms with van der Waals surface area (Å²) in [7, 11) is 0. The number of hydrogen-bond acceptors (Lipinski definition) is 2. The molecule has 5 rings (SSSR count). The molecule has 0 radical (unpaired) electrons. The third-order valence-corrected chi connectivity index (χ3v) is 12.6. The van der Waals surface area contributed by atoms with Gasteiger partial charge in [-0.15, -0.1) is 0 Å². The van der Waals surface area contributed by atoms with Gasteiger partial charge >= 0.3 is 0 Å². The van der Waals surface area contributed by atoms with Gasteiger partial charge in [-0.25, -0.2) is 4.85 Å². The number of Topliss-reactive ketones (excluding diaryl/α,β-unsaturated/α-hetero) is 2. The quantitative estimate of drug-likeness (QED) is 0.349. The highest BCUT2D eigenvalue weighted by Crippen LogP contribution is 2.74. The number of ketones is 2.